The molecule has 33 heavy (non-hydrogen) atoms. The quantitative estimate of drug-likeness (QED) is 0.520. The number of fused-ring (bicyclic) bond motifs is 2. The molecule has 4 heterocycles. The number of hydrogen-bond donors (Lipinski definition) is 0. The average molecular weight is 492 g/mol. The van der Waals surface area contributed by atoms with Gasteiger partial charge < -0.3 is 0 Å². The maximum Gasteiger partial charge on any atom is 0.433 e. The van der Waals surface area contributed by atoms with E-state index >= 15 is 0 Å². The standard InChI is InChI=1S/C19H14F6N4O3S/c1-2-33(31,32)17-15(27-14-9-10(18(20,21)22)5-7-28(14)17)29-8-6-12-11(16(29)30)3-4-13(26-12)19(23,24)25/h3-5,7,9H,2,6,8H2,1H3. The number of halogens is 6. The molecule has 1 aliphatic rings. The van der Waals surface area contributed by atoms with Crippen LogP contribution in [0.2, 0.25) is 0 Å². The Morgan fingerprint density at radius 1 is 1.03 bits per heavy atom. The summed E-state index contributed by atoms with van der Waals surface area (Å²) >= 11 is 0. The molecule has 0 aromatic carbocycles. The SMILES string of the molecule is CCS(=O)(=O)c1c(N2CCc3nc(C(F)(F)F)ccc3C2=O)nc2cc(C(F)(F)F)ccn12. The van der Waals surface area contributed by atoms with Gasteiger partial charge in [-0.25, -0.2) is 18.4 Å². The van der Waals surface area contributed by atoms with Crippen LogP contribution in [-0.2, 0) is 28.6 Å². The molecule has 4 rings (SSSR count). The van der Waals surface area contributed by atoms with Crippen molar-refractivity contribution in [3.05, 3.63) is 53.0 Å². The first-order valence-electron chi connectivity index (χ1n) is 9.45. The van der Waals surface area contributed by atoms with Crippen molar-refractivity contribution in [1.82, 2.24) is 14.4 Å². The van der Waals surface area contributed by atoms with E-state index in [0.717, 1.165) is 21.6 Å². The third-order valence-corrected chi connectivity index (χ3v) is 6.86. The third kappa shape index (κ3) is 3.92. The summed E-state index contributed by atoms with van der Waals surface area (Å²) in [7, 11) is -4.08. The molecule has 0 aliphatic carbocycles. The Morgan fingerprint density at radius 3 is 2.33 bits per heavy atom. The Labute approximate surface area is 182 Å². The number of carbonyl (C=O) groups excluding carboxylic acids is 1. The highest BCUT2D eigenvalue weighted by Gasteiger charge is 2.38. The van der Waals surface area contributed by atoms with Crippen molar-refractivity contribution in [2.45, 2.75) is 30.7 Å². The molecule has 0 bridgehead atoms. The number of anilines is 1. The predicted octanol–water partition coefficient (Wildman–Crippen LogP) is 3.76. The van der Waals surface area contributed by atoms with Gasteiger partial charge in [0.2, 0.25) is 0 Å². The predicted molar refractivity (Wildman–Crippen MR) is 103 cm³/mol. The summed E-state index contributed by atoms with van der Waals surface area (Å²) in [5, 5.41) is -0.481. The molecule has 3 aromatic rings. The first-order chi connectivity index (χ1) is 15.2. The number of rotatable bonds is 3. The van der Waals surface area contributed by atoms with E-state index in [2.05, 4.69) is 9.97 Å². The zero-order chi connectivity index (χ0) is 24.3. The summed E-state index contributed by atoms with van der Waals surface area (Å²) in [6.45, 7) is 1.06. The minimum Gasteiger partial charge on any atom is -0.290 e. The molecule has 1 amide bonds. The molecule has 14 heteroatoms. The average Bonchev–Trinajstić information content (AvgIpc) is 3.11. The number of aromatic nitrogens is 3. The highest BCUT2D eigenvalue weighted by Crippen LogP contribution is 2.35. The fraction of sp³-hybridized carbons (Fsp3) is 0.316. The minimum atomic E-state index is -4.71. The molecule has 0 spiro atoms. The molecule has 0 radical (unpaired) electrons. The van der Waals surface area contributed by atoms with Gasteiger partial charge >= 0.3 is 12.4 Å². The largest absolute Gasteiger partial charge is 0.433 e. The number of carbonyl (C=O) groups is 1. The second-order valence-corrected chi connectivity index (χ2v) is 9.37. The van der Waals surface area contributed by atoms with Gasteiger partial charge in [0.25, 0.3) is 5.91 Å². The van der Waals surface area contributed by atoms with Crippen LogP contribution in [0.5, 0.6) is 0 Å². The highest BCUT2D eigenvalue weighted by atomic mass is 32.2. The topological polar surface area (TPSA) is 84.6 Å². The molecule has 0 atom stereocenters. The first-order valence-corrected chi connectivity index (χ1v) is 11.1. The molecule has 0 saturated heterocycles. The van der Waals surface area contributed by atoms with E-state index in [1.54, 1.807) is 0 Å². The lowest BCUT2D eigenvalue weighted by atomic mass is 10.0. The van der Waals surface area contributed by atoms with E-state index in [-0.39, 0.29) is 29.9 Å². The van der Waals surface area contributed by atoms with Gasteiger partial charge in [0.15, 0.2) is 20.7 Å². The van der Waals surface area contributed by atoms with Crippen molar-refractivity contribution >= 4 is 27.2 Å². The second kappa shape index (κ2) is 7.43. The smallest absolute Gasteiger partial charge is 0.290 e. The van der Waals surface area contributed by atoms with Gasteiger partial charge in [0, 0.05) is 19.2 Å². The zero-order valence-electron chi connectivity index (χ0n) is 16.7. The van der Waals surface area contributed by atoms with Crippen molar-refractivity contribution < 1.29 is 39.6 Å². The van der Waals surface area contributed by atoms with Crippen LogP contribution in [-0.4, -0.2) is 41.0 Å². The van der Waals surface area contributed by atoms with Crippen LogP contribution < -0.4 is 4.90 Å². The van der Waals surface area contributed by atoms with Gasteiger partial charge in [0.05, 0.1) is 22.6 Å². The van der Waals surface area contributed by atoms with Crippen molar-refractivity contribution in [2.75, 3.05) is 17.2 Å². The minimum absolute atomic E-state index is 0.117. The summed E-state index contributed by atoms with van der Waals surface area (Å²) < 4.78 is 105. The van der Waals surface area contributed by atoms with Crippen LogP contribution in [0, 0.1) is 0 Å². The monoisotopic (exact) mass is 492 g/mol. The maximum absolute atomic E-state index is 13.1. The van der Waals surface area contributed by atoms with Gasteiger partial charge in [-0.15, -0.1) is 0 Å². The van der Waals surface area contributed by atoms with Crippen LogP contribution >= 0.6 is 0 Å². The number of amides is 1. The third-order valence-electron chi connectivity index (χ3n) is 5.14. The van der Waals surface area contributed by atoms with E-state index in [4.69, 9.17) is 0 Å². The van der Waals surface area contributed by atoms with Crippen LogP contribution in [0.15, 0.2) is 35.5 Å². The normalized spacial score (nSPS) is 15.2. The summed E-state index contributed by atoms with van der Waals surface area (Å²) in [6.07, 6.45) is -8.66. The second-order valence-electron chi connectivity index (χ2n) is 7.18. The lowest BCUT2D eigenvalue weighted by Crippen LogP contribution is -2.39. The molecule has 176 valence electrons. The van der Waals surface area contributed by atoms with Gasteiger partial charge in [-0.3, -0.25) is 14.1 Å². The van der Waals surface area contributed by atoms with Gasteiger partial charge in [-0.05, 0) is 24.3 Å². The van der Waals surface area contributed by atoms with Gasteiger partial charge in [0.1, 0.15) is 11.3 Å². The Morgan fingerprint density at radius 2 is 1.73 bits per heavy atom. The molecule has 3 aromatic heterocycles. The fourth-order valence-corrected chi connectivity index (χ4v) is 4.66. The van der Waals surface area contributed by atoms with Gasteiger partial charge in [-0.1, -0.05) is 6.92 Å². The molecule has 0 N–H and O–H groups in total. The van der Waals surface area contributed by atoms with E-state index in [9.17, 15) is 39.6 Å². The van der Waals surface area contributed by atoms with Gasteiger partial charge in [-0.2, -0.15) is 26.3 Å². The van der Waals surface area contributed by atoms with Crippen LogP contribution in [0.3, 0.4) is 0 Å². The summed E-state index contributed by atoms with van der Waals surface area (Å²) in [4.78, 5) is 21.4. The number of hydrogen-bond acceptors (Lipinski definition) is 5. The molecule has 0 saturated carbocycles. The number of imidazole rings is 1. The lowest BCUT2D eigenvalue weighted by molar-refractivity contribution is -0.141. The maximum atomic E-state index is 13.1. The Bertz CT molecular complexity index is 1380. The van der Waals surface area contributed by atoms with E-state index in [1.807, 2.05) is 0 Å². The summed E-state index contributed by atoms with van der Waals surface area (Å²) in [5.74, 6) is -1.68. The van der Waals surface area contributed by atoms with Crippen molar-refractivity contribution in [1.29, 1.82) is 0 Å². The Balaban J connectivity index is 1.87. The van der Waals surface area contributed by atoms with E-state index in [0.29, 0.717) is 18.2 Å². The van der Waals surface area contributed by atoms with Crippen molar-refractivity contribution in [3.63, 3.8) is 0 Å². The summed E-state index contributed by atoms with van der Waals surface area (Å²) in [5.41, 5.74) is -2.89. The molecule has 1 aliphatic heterocycles. The van der Waals surface area contributed by atoms with E-state index in [1.165, 1.54) is 6.92 Å². The van der Waals surface area contributed by atoms with Crippen LogP contribution in [0.4, 0.5) is 32.2 Å². The molecule has 0 unspecified atom stereocenters. The number of pyridine rings is 2. The van der Waals surface area contributed by atoms with Crippen LogP contribution in [0.1, 0.15) is 34.2 Å². The molecule has 7 nitrogen and oxygen atoms in total. The Kier molecular flexibility index (Phi) is 5.18. The molecule has 0 fully saturated rings. The zero-order valence-corrected chi connectivity index (χ0v) is 17.5. The number of alkyl halides is 6. The summed E-state index contributed by atoms with van der Waals surface area (Å²) in [6, 6.07) is 2.90. The van der Waals surface area contributed by atoms with Crippen LogP contribution in [0.25, 0.3) is 5.65 Å². The van der Waals surface area contributed by atoms with E-state index < -0.39 is 56.0 Å². The lowest BCUT2D eigenvalue weighted by Gasteiger charge is -2.27. The highest BCUT2D eigenvalue weighted by molar-refractivity contribution is 7.91. The first kappa shape index (κ1) is 23.0. The fourth-order valence-electron chi connectivity index (χ4n) is 3.50. The Hall–Kier alpha value is -3.16. The molecular weight excluding hydrogens is 478 g/mol. The molecular formula is C19H14F6N4O3S. The van der Waals surface area contributed by atoms with Crippen molar-refractivity contribution in [3.8, 4) is 0 Å². The number of nitrogens with zero attached hydrogens (tertiary/aromatic N) is 4. The van der Waals surface area contributed by atoms with Crippen molar-refractivity contribution in [2.24, 2.45) is 0 Å². The number of sulfone groups is 1.